The van der Waals surface area contributed by atoms with Crippen molar-refractivity contribution in [2.45, 2.75) is 19.3 Å². The molecular formula is C17H18N4O3. The van der Waals surface area contributed by atoms with Gasteiger partial charge < -0.3 is 15.2 Å². The monoisotopic (exact) mass is 326 g/mol. The van der Waals surface area contributed by atoms with Crippen LogP contribution in [0, 0.1) is 0 Å². The molecule has 0 saturated carbocycles. The lowest BCUT2D eigenvalue weighted by Crippen LogP contribution is -2.27. The number of anilines is 1. The predicted molar refractivity (Wildman–Crippen MR) is 88.9 cm³/mol. The number of benzene rings is 1. The van der Waals surface area contributed by atoms with Crippen molar-refractivity contribution in [3.8, 4) is 0 Å². The van der Waals surface area contributed by atoms with Crippen LogP contribution in [0.3, 0.4) is 0 Å². The zero-order valence-corrected chi connectivity index (χ0v) is 13.1. The number of carbonyl (C=O) groups is 2. The first kappa shape index (κ1) is 15.9. The van der Waals surface area contributed by atoms with Crippen LogP contribution in [0.4, 0.5) is 5.69 Å². The highest BCUT2D eigenvalue weighted by Gasteiger charge is 2.22. The van der Waals surface area contributed by atoms with E-state index in [0.717, 1.165) is 17.7 Å². The van der Waals surface area contributed by atoms with Crippen LogP contribution >= 0.6 is 0 Å². The molecule has 2 amide bonds. The first-order valence-corrected chi connectivity index (χ1v) is 7.86. The molecule has 2 aromatic rings. The molecule has 0 unspecified atom stereocenters. The first-order chi connectivity index (χ1) is 11.6. The molecular weight excluding hydrogens is 308 g/mol. The summed E-state index contributed by atoms with van der Waals surface area (Å²) in [6.07, 6.45) is 5.05. The molecule has 0 atom stereocenters. The third-order valence-electron chi connectivity index (χ3n) is 3.92. The van der Waals surface area contributed by atoms with E-state index in [9.17, 15) is 14.4 Å². The fraction of sp³-hybridized carbons (Fsp3) is 0.294. The number of aromatic amines is 1. The average Bonchev–Trinajstić information content (AvgIpc) is 3.03. The van der Waals surface area contributed by atoms with E-state index in [0.29, 0.717) is 31.5 Å². The zero-order valence-electron chi connectivity index (χ0n) is 13.1. The van der Waals surface area contributed by atoms with Crippen LogP contribution in [0.1, 0.15) is 28.8 Å². The normalized spacial score (nSPS) is 14.0. The molecule has 124 valence electrons. The predicted octanol–water partition coefficient (Wildman–Crippen LogP) is 0.869. The maximum absolute atomic E-state index is 12.2. The second kappa shape index (κ2) is 7.08. The van der Waals surface area contributed by atoms with Crippen molar-refractivity contribution in [1.29, 1.82) is 0 Å². The lowest BCUT2D eigenvalue weighted by Gasteiger charge is -2.16. The fourth-order valence-corrected chi connectivity index (χ4v) is 2.67. The van der Waals surface area contributed by atoms with Crippen molar-refractivity contribution in [1.82, 2.24) is 15.3 Å². The Bertz CT molecular complexity index is 795. The number of hydrogen-bond acceptors (Lipinski definition) is 4. The van der Waals surface area contributed by atoms with Crippen LogP contribution in [0.15, 0.2) is 41.5 Å². The Morgan fingerprint density at radius 3 is 2.92 bits per heavy atom. The van der Waals surface area contributed by atoms with Crippen molar-refractivity contribution in [2.75, 3.05) is 18.0 Å². The number of rotatable bonds is 5. The summed E-state index contributed by atoms with van der Waals surface area (Å²) in [7, 11) is 0. The summed E-state index contributed by atoms with van der Waals surface area (Å²) >= 11 is 0. The van der Waals surface area contributed by atoms with Crippen molar-refractivity contribution >= 4 is 17.5 Å². The molecule has 1 aliphatic heterocycles. The third kappa shape index (κ3) is 3.68. The van der Waals surface area contributed by atoms with E-state index in [1.807, 2.05) is 6.07 Å². The molecule has 1 aromatic heterocycles. The largest absolute Gasteiger partial charge is 0.352 e. The van der Waals surface area contributed by atoms with Crippen molar-refractivity contribution < 1.29 is 9.59 Å². The second-order valence-electron chi connectivity index (χ2n) is 5.63. The van der Waals surface area contributed by atoms with Crippen LogP contribution in [0.25, 0.3) is 0 Å². The van der Waals surface area contributed by atoms with E-state index in [4.69, 9.17) is 0 Å². The van der Waals surface area contributed by atoms with E-state index in [1.165, 1.54) is 6.20 Å². The van der Waals surface area contributed by atoms with E-state index < -0.39 is 5.69 Å². The number of aromatic nitrogens is 2. The van der Waals surface area contributed by atoms with E-state index in [1.54, 1.807) is 29.3 Å². The molecule has 2 N–H and O–H groups in total. The number of nitrogens with one attached hydrogen (secondary N) is 2. The number of nitrogens with zero attached hydrogens (tertiary/aromatic N) is 2. The van der Waals surface area contributed by atoms with Gasteiger partial charge in [-0.05, 0) is 36.6 Å². The molecule has 0 bridgehead atoms. The van der Waals surface area contributed by atoms with Crippen LogP contribution in [0.2, 0.25) is 0 Å². The van der Waals surface area contributed by atoms with Gasteiger partial charge in [-0.15, -0.1) is 0 Å². The SMILES string of the molecule is O=C(NCCc1cnc(=O)[nH]c1)c1cccc(N2CCCC2=O)c1. The van der Waals surface area contributed by atoms with E-state index in [2.05, 4.69) is 15.3 Å². The van der Waals surface area contributed by atoms with E-state index >= 15 is 0 Å². The molecule has 2 heterocycles. The Labute approximate surface area is 138 Å². The van der Waals surface area contributed by atoms with Gasteiger partial charge in [0, 0.05) is 43.2 Å². The Morgan fingerprint density at radius 2 is 2.21 bits per heavy atom. The topological polar surface area (TPSA) is 95.2 Å². The van der Waals surface area contributed by atoms with Crippen molar-refractivity contribution in [2.24, 2.45) is 0 Å². The second-order valence-corrected chi connectivity index (χ2v) is 5.63. The average molecular weight is 326 g/mol. The summed E-state index contributed by atoms with van der Waals surface area (Å²) in [5, 5.41) is 2.83. The molecule has 1 saturated heterocycles. The molecule has 1 aliphatic rings. The summed E-state index contributed by atoms with van der Waals surface area (Å²) in [6.45, 7) is 1.13. The molecule has 0 radical (unpaired) electrons. The van der Waals surface area contributed by atoms with Crippen LogP contribution in [-0.2, 0) is 11.2 Å². The fourth-order valence-electron chi connectivity index (χ4n) is 2.67. The molecule has 24 heavy (non-hydrogen) atoms. The molecule has 0 spiro atoms. The summed E-state index contributed by atoms with van der Waals surface area (Å²) < 4.78 is 0. The number of hydrogen-bond donors (Lipinski definition) is 2. The highest BCUT2D eigenvalue weighted by atomic mass is 16.2. The van der Waals surface area contributed by atoms with Gasteiger partial charge in [0.05, 0.1) is 0 Å². The van der Waals surface area contributed by atoms with Crippen LogP contribution in [-0.4, -0.2) is 34.9 Å². The standard InChI is InChI=1S/C17H18N4O3/c22-15-5-2-8-21(15)14-4-1-3-13(9-14)16(23)18-7-6-12-10-19-17(24)20-11-12/h1,3-4,9-11H,2,5-8H2,(H,18,23)(H,19,20,24). The van der Waals surface area contributed by atoms with Gasteiger partial charge in [-0.2, -0.15) is 0 Å². The Balaban J connectivity index is 1.59. The highest BCUT2D eigenvalue weighted by molar-refractivity contribution is 5.99. The van der Waals surface area contributed by atoms with Gasteiger partial charge >= 0.3 is 5.69 Å². The van der Waals surface area contributed by atoms with Crippen LogP contribution < -0.4 is 15.9 Å². The summed E-state index contributed by atoms with van der Waals surface area (Å²) in [5.74, 6) is -0.0981. The number of carbonyl (C=O) groups excluding carboxylic acids is 2. The van der Waals surface area contributed by atoms with Gasteiger partial charge in [0.2, 0.25) is 5.91 Å². The number of amides is 2. The van der Waals surface area contributed by atoms with Gasteiger partial charge in [-0.25, -0.2) is 9.78 Å². The van der Waals surface area contributed by atoms with Crippen LogP contribution in [0.5, 0.6) is 0 Å². The molecule has 1 aromatic carbocycles. The van der Waals surface area contributed by atoms with Gasteiger partial charge in [0.15, 0.2) is 0 Å². The maximum atomic E-state index is 12.2. The lowest BCUT2D eigenvalue weighted by molar-refractivity contribution is -0.117. The molecule has 7 nitrogen and oxygen atoms in total. The van der Waals surface area contributed by atoms with Gasteiger partial charge in [-0.1, -0.05) is 6.07 Å². The quantitative estimate of drug-likeness (QED) is 0.852. The minimum absolute atomic E-state index is 0.0955. The molecule has 1 fully saturated rings. The van der Waals surface area contributed by atoms with Gasteiger partial charge in [0.1, 0.15) is 0 Å². The summed E-state index contributed by atoms with van der Waals surface area (Å²) in [4.78, 5) is 42.8. The minimum Gasteiger partial charge on any atom is -0.352 e. The maximum Gasteiger partial charge on any atom is 0.344 e. The number of H-pyrrole nitrogens is 1. The molecule has 3 rings (SSSR count). The summed E-state index contributed by atoms with van der Waals surface area (Å²) in [5.41, 5.74) is 1.73. The van der Waals surface area contributed by atoms with Gasteiger partial charge in [-0.3, -0.25) is 9.59 Å². The zero-order chi connectivity index (χ0) is 16.9. The van der Waals surface area contributed by atoms with E-state index in [-0.39, 0.29) is 11.8 Å². The Kier molecular flexibility index (Phi) is 4.69. The smallest absolute Gasteiger partial charge is 0.344 e. The lowest BCUT2D eigenvalue weighted by atomic mass is 10.1. The summed E-state index contributed by atoms with van der Waals surface area (Å²) in [6, 6.07) is 7.08. The molecule has 7 heteroatoms. The third-order valence-corrected chi connectivity index (χ3v) is 3.92. The van der Waals surface area contributed by atoms with Gasteiger partial charge in [0.25, 0.3) is 5.91 Å². The van der Waals surface area contributed by atoms with Crippen molar-refractivity contribution in [3.05, 3.63) is 58.3 Å². The minimum atomic E-state index is -0.393. The Hall–Kier alpha value is -2.96. The first-order valence-electron chi connectivity index (χ1n) is 7.86. The highest BCUT2D eigenvalue weighted by Crippen LogP contribution is 2.22. The molecule has 0 aliphatic carbocycles. The van der Waals surface area contributed by atoms with Crippen molar-refractivity contribution in [3.63, 3.8) is 0 Å². The Morgan fingerprint density at radius 1 is 1.33 bits per heavy atom.